The number of halogens is 3. The highest BCUT2D eigenvalue weighted by Crippen LogP contribution is 2.36. The van der Waals surface area contributed by atoms with Gasteiger partial charge in [0.15, 0.2) is 5.75 Å². The van der Waals surface area contributed by atoms with Crippen LogP contribution in [0.25, 0.3) is 10.6 Å². The molecule has 1 aromatic heterocycles. The van der Waals surface area contributed by atoms with Crippen molar-refractivity contribution in [3.8, 4) is 16.3 Å². The molecule has 3 aromatic carbocycles. The summed E-state index contributed by atoms with van der Waals surface area (Å²) in [4.78, 5) is 32.6. The number of rotatable bonds is 9. The van der Waals surface area contributed by atoms with Gasteiger partial charge in [0.25, 0.3) is 0 Å². The van der Waals surface area contributed by atoms with Crippen LogP contribution in [0.15, 0.2) is 77.7 Å². The van der Waals surface area contributed by atoms with Crippen molar-refractivity contribution in [2.75, 3.05) is 31.1 Å². The van der Waals surface area contributed by atoms with Gasteiger partial charge in [0, 0.05) is 66.4 Å². The second-order valence-corrected chi connectivity index (χ2v) is 12.1. The van der Waals surface area contributed by atoms with Crippen molar-refractivity contribution in [2.24, 2.45) is 0 Å². The van der Waals surface area contributed by atoms with Gasteiger partial charge in [-0.3, -0.25) is 14.7 Å². The van der Waals surface area contributed by atoms with Crippen LogP contribution in [0.5, 0.6) is 5.75 Å². The van der Waals surface area contributed by atoms with Gasteiger partial charge in [-0.1, -0.05) is 30.3 Å². The van der Waals surface area contributed by atoms with E-state index in [1.807, 2.05) is 37.3 Å². The molecule has 42 heavy (non-hydrogen) atoms. The Morgan fingerprint density at radius 3 is 2.36 bits per heavy atom. The number of alkyl halides is 3. The second kappa shape index (κ2) is 13.2. The van der Waals surface area contributed by atoms with Crippen LogP contribution in [0.3, 0.4) is 0 Å². The summed E-state index contributed by atoms with van der Waals surface area (Å²) >= 11 is 3.16. The Morgan fingerprint density at radius 1 is 1.00 bits per heavy atom. The van der Waals surface area contributed by atoms with E-state index in [0.717, 1.165) is 59.3 Å². The van der Waals surface area contributed by atoms with Crippen molar-refractivity contribution in [1.82, 2.24) is 9.88 Å². The first kappa shape index (κ1) is 29.9. The molecule has 1 fully saturated rings. The lowest BCUT2D eigenvalue weighted by Crippen LogP contribution is -2.46. The molecule has 0 unspecified atom stereocenters. The van der Waals surface area contributed by atoms with Crippen molar-refractivity contribution in [3.05, 3.63) is 94.5 Å². The van der Waals surface area contributed by atoms with Gasteiger partial charge in [-0.2, -0.15) is 13.2 Å². The summed E-state index contributed by atoms with van der Waals surface area (Å²) in [5.74, 6) is 0.587. The first-order valence-electron chi connectivity index (χ1n) is 13.4. The van der Waals surface area contributed by atoms with E-state index in [4.69, 9.17) is 9.87 Å². The SMILES string of the molecule is CC(=O)OOc1ccc(SCc2sc(-c3ccc(C(F)(F)F)cc3)nc2CN2CCN(c3ccccc3)CC2)cc1C. The van der Waals surface area contributed by atoms with E-state index in [0.29, 0.717) is 28.6 Å². The summed E-state index contributed by atoms with van der Waals surface area (Å²) in [6, 6.07) is 21.2. The Hall–Kier alpha value is -3.54. The third-order valence-corrected chi connectivity index (χ3v) is 9.22. The van der Waals surface area contributed by atoms with Gasteiger partial charge >= 0.3 is 12.1 Å². The molecule has 1 saturated heterocycles. The third-order valence-electron chi connectivity index (χ3n) is 6.87. The second-order valence-electron chi connectivity index (χ2n) is 9.94. The highest BCUT2D eigenvalue weighted by atomic mass is 32.2. The molecule has 11 heteroatoms. The molecule has 220 valence electrons. The molecule has 0 saturated carbocycles. The fourth-order valence-electron chi connectivity index (χ4n) is 4.62. The van der Waals surface area contributed by atoms with Crippen molar-refractivity contribution in [1.29, 1.82) is 0 Å². The zero-order valence-corrected chi connectivity index (χ0v) is 24.8. The smallest absolute Gasteiger partial charge is 0.369 e. The molecule has 0 bridgehead atoms. The number of piperazine rings is 1. The Bertz CT molecular complexity index is 1500. The largest absolute Gasteiger partial charge is 0.416 e. The summed E-state index contributed by atoms with van der Waals surface area (Å²) in [6.45, 7) is 7.41. The zero-order chi connectivity index (χ0) is 29.7. The molecule has 6 nitrogen and oxygen atoms in total. The summed E-state index contributed by atoms with van der Waals surface area (Å²) in [7, 11) is 0. The Labute approximate surface area is 251 Å². The maximum atomic E-state index is 13.1. The number of aryl methyl sites for hydroxylation is 1. The summed E-state index contributed by atoms with van der Waals surface area (Å²) in [5, 5.41) is 0.707. The lowest BCUT2D eigenvalue weighted by atomic mass is 10.1. The van der Waals surface area contributed by atoms with Gasteiger partial charge in [0.05, 0.1) is 11.3 Å². The number of para-hydroxylation sites is 1. The molecule has 0 N–H and O–H groups in total. The van der Waals surface area contributed by atoms with Crippen molar-refractivity contribution < 1.29 is 27.7 Å². The molecular weight excluding hydrogens is 583 g/mol. The highest BCUT2D eigenvalue weighted by Gasteiger charge is 2.30. The van der Waals surface area contributed by atoms with E-state index in [1.165, 1.54) is 36.1 Å². The fraction of sp³-hybridized carbons (Fsp3) is 0.290. The molecule has 0 amide bonds. The average Bonchev–Trinajstić information content (AvgIpc) is 3.38. The van der Waals surface area contributed by atoms with Crippen LogP contribution in [0, 0.1) is 6.92 Å². The molecule has 4 aromatic rings. The number of carbonyl (C=O) groups excluding carboxylic acids is 1. The number of thioether (sulfide) groups is 1. The molecule has 0 aliphatic carbocycles. The summed E-state index contributed by atoms with van der Waals surface area (Å²) in [5.41, 5.74) is 2.98. The van der Waals surface area contributed by atoms with E-state index >= 15 is 0 Å². The number of thiazole rings is 1. The lowest BCUT2D eigenvalue weighted by Gasteiger charge is -2.36. The van der Waals surface area contributed by atoms with Crippen LogP contribution in [0.4, 0.5) is 18.9 Å². The molecule has 0 radical (unpaired) electrons. The van der Waals surface area contributed by atoms with E-state index < -0.39 is 17.7 Å². The number of nitrogens with zero attached hydrogens (tertiary/aromatic N) is 3. The Kier molecular flexibility index (Phi) is 9.40. The van der Waals surface area contributed by atoms with E-state index in [1.54, 1.807) is 17.8 Å². The normalized spacial score (nSPS) is 14.2. The number of hydrogen-bond donors (Lipinski definition) is 0. The fourth-order valence-corrected chi connectivity index (χ4v) is 6.79. The molecule has 0 atom stereocenters. The van der Waals surface area contributed by atoms with Crippen LogP contribution in [-0.4, -0.2) is 42.0 Å². The number of aromatic nitrogens is 1. The quantitative estimate of drug-likeness (QED) is 0.109. The first-order valence-corrected chi connectivity index (χ1v) is 15.2. The van der Waals surface area contributed by atoms with Crippen molar-refractivity contribution in [3.63, 3.8) is 0 Å². The third kappa shape index (κ3) is 7.64. The van der Waals surface area contributed by atoms with Gasteiger partial charge < -0.3 is 4.90 Å². The van der Waals surface area contributed by atoms with Gasteiger partial charge in [-0.05, 0) is 55.0 Å². The Morgan fingerprint density at radius 2 is 1.71 bits per heavy atom. The van der Waals surface area contributed by atoms with Crippen LogP contribution >= 0.6 is 23.1 Å². The molecule has 5 rings (SSSR count). The number of anilines is 1. The minimum absolute atomic E-state index is 0.465. The zero-order valence-electron chi connectivity index (χ0n) is 23.2. The first-order chi connectivity index (χ1) is 20.2. The maximum absolute atomic E-state index is 13.1. The van der Waals surface area contributed by atoms with Crippen LogP contribution < -0.4 is 9.79 Å². The minimum Gasteiger partial charge on any atom is -0.369 e. The topological polar surface area (TPSA) is 54.9 Å². The molecular formula is C31H30F3N3O3S2. The van der Waals surface area contributed by atoms with Crippen LogP contribution in [0.1, 0.15) is 28.6 Å². The Balaban J connectivity index is 1.32. The monoisotopic (exact) mass is 613 g/mol. The molecule has 0 spiro atoms. The number of benzene rings is 3. The van der Waals surface area contributed by atoms with Crippen LogP contribution in [-0.2, 0) is 28.2 Å². The summed E-state index contributed by atoms with van der Waals surface area (Å²) < 4.78 is 39.4. The number of carbonyl (C=O) groups is 1. The van der Waals surface area contributed by atoms with Gasteiger partial charge in [-0.15, -0.1) is 23.1 Å². The average molecular weight is 614 g/mol. The van der Waals surface area contributed by atoms with Crippen LogP contribution in [0.2, 0.25) is 0 Å². The lowest BCUT2D eigenvalue weighted by molar-refractivity contribution is -0.211. The van der Waals surface area contributed by atoms with Gasteiger partial charge in [0.2, 0.25) is 0 Å². The van der Waals surface area contributed by atoms with Crippen molar-refractivity contribution >= 4 is 34.8 Å². The van der Waals surface area contributed by atoms with Gasteiger partial charge in [0.1, 0.15) is 5.01 Å². The number of hydrogen-bond acceptors (Lipinski definition) is 8. The van der Waals surface area contributed by atoms with E-state index in [-0.39, 0.29) is 0 Å². The predicted molar refractivity (Wildman–Crippen MR) is 160 cm³/mol. The maximum Gasteiger partial charge on any atom is 0.416 e. The minimum atomic E-state index is -4.38. The predicted octanol–water partition coefficient (Wildman–Crippen LogP) is 7.61. The molecule has 1 aliphatic heterocycles. The van der Waals surface area contributed by atoms with Crippen molar-refractivity contribution in [2.45, 2.75) is 37.2 Å². The molecule has 1 aliphatic rings. The highest BCUT2D eigenvalue weighted by molar-refractivity contribution is 7.98. The van der Waals surface area contributed by atoms with Gasteiger partial charge in [-0.25, -0.2) is 9.78 Å². The van der Waals surface area contributed by atoms with E-state index in [9.17, 15) is 18.0 Å². The standard InChI is InChI=1S/C31H30F3N3O3S2/c1-21-18-26(12-13-28(21)40-39-22(2)38)41-20-29-27(19-36-14-16-37(17-15-36)25-6-4-3-5-7-25)35-30(42-29)23-8-10-24(11-9-23)31(32,33)34/h3-13,18H,14-17,19-20H2,1-2H3. The summed E-state index contributed by atoms with van der Waals surface area (Å²) in [6.07, 6.45) is -4.38. The van der Waals surface area contributed by atoms with E-state index in [2.05, 4.69) is 26.8 Å². The molecule has 2 heterocycles.